The van der Waals surface area contributed by atoms with Crippen LogP contribution in [-0.4, -0.2) is 9.97 Å². The highest BCUT2D eigenvalue weighted by Crippen LogP contribution is 2.42. The summed E-state index contributed by atoms with van der Waals surface area (Å²) in [7, 11) is 0. The SMILES string of the molecule is CC(C)C(C)c1sc(-c2cccnc2)nc1C(F)(F)F. The van der Waals surface area contributed by atoms with Gasteiger partial charge in [0.1, 0.15) is 5.01 Å². The lowest BCUT2D eigenvalue weighted by Gasteiger charge is -2.15. The molecule has 2 rings (SSSR count). The van der Waals surface area contributed by atoms with Crippen molar-refractivity contribution in [3.63, 3.8) is 0 Å². The molecular weight excluding hydrogens is 285 g/mol. The fourth-order valence-corrected chi connectivity index (χ4v) is 3.06. The summed E-state index contributed by atoms with van der Waals surface area (Å²) >= 11 is 1.10. The number of hydrogen-bond donors (Lipinski definition) is 0. The molecule has 0 saturated heterocycles. The van der Waals surface area contributed by atoms with Crippen LogP contribution in [0.1, 0.15) is 37.3 Å². The summed E-state index contributed by atoms with van der Waals surface area (Å²) in [5.74, 6) is -0.0622. The molecule has 1 atom stereocenters. The second kappa shape index (κ2) is 5.52. The predicted molar refractivity (Wildman–Crippen MR) is 73.6 cm³/mol. The van der Waals surface area contributed by atoms with Crippen LogP contribution in [0.5, 0.6) is 0 Å². The third-order valence-electron chi connectivity index (χ3n) is 3.24. The first-order chi connectivity index (χ1) is 9.30. The molecule has 1 unspecified atom stereocenters. The highest BCUT2D eigenvalue weighted by Gasteiger charge is 2.39. The lowest BCUT2D eigenvalue weighted by molar-refractivity contribution is -0.141. The van der Waals surface area contributed by atoms with Gasteiger partial charge in [0.05, 0.1) is 0 Å². The Bertz CT molecular complexity index is 576. The maximum absolute atomic E-state index is 13.1. The Kier molecular flexibility index (Phi) is 4.13. The number of halogens is 3. The van der Waals surface area contributed by atoms with Crippen molar-refractivity contribution in [3.8, 4) is 10.6 Å². The smallest absolute Gasteiger partial charge is 0.264 e. The number of thiazole rings is 1. The van der Waals surface area contributed by atoms with Crippen molar-refractivity contribution in [3.05, 3.63) is 35.1 Å². The quantitative estimate of drug-likeness (QED) is 0.798. The highest BCUT2D eigenvalue weighted by molar-refractivity contribution is 7.15. The van der Waals surface area contributed by atoms with E-state index >= 15 is 0 Å². The Morgan fingerprint density at radius 3 is 2.40 bits per heavy atom. The monoisotopic (exact) mass is 300 g/mol. The van der Waals surface area contributed by atoms with Gasteiger partial charge in [0, 0.05) is 22.8 Å². The third kappa shape index (κ3) is 3.00. The minimum absolute atomic E-state index is 0.123. The van der Waals surface area contributed by atoms with E-state index in [1.807, 2.05) is 13.8 Å². The first-order valence-electron chi connectivity index (χ1n) is 6.29. The molecule has 0 aliphatic carbocycles. The molecule has 0 aliphatic rings. The summed E-state index contributed by atoms with van der Waals surface area (Å²) in [6, 6.07) is 3.41. The van der Waals surface area contributed by atoms with E-state index in [4.69, 9.17) is 0 Å². The molecule has 0 saturated carbocycles. The number of nitrogens with zero attached hydrogens (tertiary/aromatic N) is 2. The van der Waals surface area contributed by atoms with Gasteiger partial charge in [-0.3, -0.25) is 4.98 Å². The molecule has 0 N–H and O–H groups in total. The first kappa shape index (κ1) is 15.0. The number of pyridine rings is 1. The zero-order valence-corrected chi connectivity index (χ0v) is 12.2. The van der Waals surface area contributed by atoms with Crippen molar-refractivity contribution in [1.29, 1.82) is 0 Å². The third-order valence-corrected chi connectivity index (χ3v) is 4.55. The van der Waals surface area contributed by atoms with Gasteiger partial charge in [-0.25, -0.2) is 4.98 Å². The van der Waals surface area contributed by atoms with E-state index in [0.717, 1.165) is 11.3 Å². The molecule has 6 heteroatoms. The van der Waals surface area contributed by atoms with E-state index in [0.29, 0.717) is 15.4 Å². The number of alkyl halides is 3. The Morgan fingerprint density at radius 2 is 1.90 bits per heavy atom. The van der Waals surface area contributed by atoms with Crippen molar-refractivity contribution in [2.24, 2.45) is 5.92 Å². The van der Waals surface area contributed by atoms with E-state index in [9.17, 15) is 13.2 Å². The van der Waals surface area contributed by atoms with Crippen LogP contribution in [0.3, 0.4) is 0 Å². The summed E-state index contributed by atoms with van der Waals surface area (Å²) < 4.78 is 39.4. The molecule has 0 radical (unpaired) electrons. The van der Waals surface area contributed by atoms with Crippen LogP contribution in [0.4, 0.5) is 13.2 Å². The largest absolute Gasteiger partial charge is 0.434 e. The molecule has 2 aromatic heterocycles. The fourth-order valence-electron chi connectivity index (χ4n) is 1.76. The molecule has 0 spiro atoms. The van der Waals surface area contributed by atoms with Crippen LogP contribution in [0.15, 0.2) is 24.5 Å². The molecule has 0 bridgehead atoms. The Hall–Kier alpha value is -1.43. The van der Waals surface area contributed by atoms with Gasteiger partial charge in [-0.2, -0.15) is 13.2 Å². The molecule has 0 fully saturated rings. The average Bonchev–Trinajstić information content (AvgIpc) is 2.83. The first-order valence-corrected chi connectivity index (χ1v) is 7.10. The summed E-state index contributed by atoms with van der Waals surface area (Å²) in [6.45, 7) is 5.63. The molecule has 2 aromatic rings. The number of rotatable bonds is 3. The fraction of sp³-hybridized carbons (Fsp3) is 0.429. The molecule has 0 aromatic carbocycles. The average molecular weight is 300 g/mol. The Balaban J connectivity index is 2.53. The van der Waals surface area contributed by atoms with Gasteiger partial charge in [-0.05, 0) is 24.0 Å². The number of aromatic nitrogens is 2. The van der Waals surface area contributed by atoms with Gasteiger partial charge in [-0.1, -0.05) is 20.8 Å². The minimum atomic E-state index is -4.42. The Morgan fingerprint density at radius 1 is 1.20 bits per heavy atom. The summed E-state index contributed by atoms with van der Waals surface area (Å²) in [5.41, 5.74) is -0.146. The van der Waals surface area contributed by atoms with Gasteiger partial charge in [0.15, 0.2) is 5.69 Å². The highest BCUT2D eigenvalue weighted by atomic mass is 32.1. The summed E-state index contributed by atoms with van der Waals surface area (Å²) in [6.07, 6.45) is -1.31. The zero-order chi connectivity index (χ0) is 14.9. The molecule has 0 aliphatic heterocycles. The van der Waals surface area contributed by atoms with Crippen LogP contribution in [0.2, 0.25) is 0 Å². The minimum Gasteiger partial charge on any atom is -0.264 e. The van der Waals surface area contributed by atoms with Crippen LogP contribution in [-0.2, 0) is 6.18 Å². The van der Waals surface area contributed by atoms with Crippen molar-refractivity contribution in [2.75, 3.05) is 0 Å². The molecule has 20 heavy (non-hydrogen) atoms. The second-order valence-electron chi connectivity index (χ2n) is 5.00. The molecule has 2 nitrogen and oxygen atoms in total. The van der Waals surface area contributed by atoms with Gasteiger partial charge in [-0.15, -0.1) is 11.3 Å². The maximum Gasteiger partial charge on any atom is 0.434 e. The van der Waals surface area contributed by atoms with E-state index in [-0.39, 0.29) is 11.8 Å². The van der Waals surface area contributed by atoms with Crippen LogP contribution in [0.25, 0.3) is 10.6 Å². The number of hydrogen-bond acceptors (Lipinski definition) is 3. The standard InChI is InChI=1S/C14H15F3N2S/c1-8(2)9(3)11-12(14(15,16)17)19-13(20-11)10-5-4-6-18-7-10/h4-9H,1-3H3. The molecule has 108 valence electrons. The normalized spacial score (nSPS) is 13.8. The predicted octanol–water partition coefficient (Wildman–Crippen LogP) is 4.98. The van der Waals surface area contributed by atoms with Gasteiger partial charge in [0.2, 0.25) is 0 Å². The lowest BCUT2D eigenvalue weighted by Crippen LogP contribution is -2.12. The van der Waals surface area contributed by atoms with Crippen molar-refractivity contribution in [1.82, 2.24) is 9.97 Å². The van der Waals surface area contributed by atoms with Gasteiger partial charge < -0.3 is 0 Å². The zero-order valence-electron chi connectivity index (χ0n) is 11.4. The molecular formula is C14H15F3N2S. The summed E-state index contributed by atoms with van der Waals surface area (Å²) in [5, 5.41) is 0.368. The topological polar surface area (TPSA) is 25.8 Å². The lowest BCUT2D eigenvalue weighted by atomic mass is 9.95. The summed E-state index contributed by atoms with van der Waals surface area (Å²) in [4.78, 5) is 8.03. The van der Waals surface area contributed by atoms with E-state index in [2.05, 4.69) is 9.97 Å². The molecule has 0 amide bonds. The van der Waals surface area contributed by atoms with Crippen LogP contribution in [0, 0.1) is 5.92 Å². The maximum atomic E-state index is 13.1. The van der Waals surface area contributed by atoms with Gasteiger partial charge in [0.25, 0.3) is 0 Å². The van der Waals surface area contributed by atoms with E-state index in [1.165, 1.54) is 6.20 Å². The van der Waals surface area contributed by atoms with Gasteiger partial charge >= 0.3 is 6.18 Å². The van der Waals surface area contributed by atoms with E-state index < -0.39 is 11.9 Å². The van der Waals surface area contributed by atoms with Crippen molar-refractivity contribution < 1.29 is 13.2 Å². The van der Waals surface area contributed by atoms with E-state index in [1.54, 1.807) is 25.3 Å². The molecule has 2 heterocycles. The van der Waals surface area contributed by atoms with Crippen molar-refractivity contribution >= 4 is 11.3 Å². The van der Waals surface area contributed by atoms with Crippen molar-refractivity contribution in [2.45, 2.75) is 32.9 Å². The Labute approximate surface area is 119 Å². The van der Waals surface area contributed by atoms with Crippen LogP contribution >= 0.6 is 11.3 Å². The second-order valence-corrected chi connectivity index (χ2v) is 6.03. The van der Waals surface area contributed by atoms with Crippen LogP contribution < -0.4 is 0 Å².